The smallest absolute Gasteiger partial charge is 0.327 e. The van der Waals surface area contributed by atoms with Gasteiger partial charge in [0.05, 0.1) is 0 Å². The molecule has 0 radical (unpaired) electrons. The van der Waals surface area contributed by atoms with E-state index in [1.54, 1.807) is 6.08 Å². The molecule has 0 heterocycles. The standard InChI is InChI=1S/C20H36O2/c1-2-3-4-5-6-7-8-9-10-11-12-13-14-15-16-17-18-19-20(21)22/h12-13,18-19H,2-11,14-17H2,1H3,(H,21,22). The Labute approximate surface area is 137 Å². The number of rotatable bonds is 16. The minimum Gasteiger partial charge on any atom is -0.478 e. The van der Waals surface area contributed by atoms with Crippen LogP contribution < -0.4 is 0 Å². The number of aliphatic carboxylic acids is 1. The molecule has 0 fully saturated rings. The SMILES string of the molecule is CCCCCCCCCCCC=CCCCCC=CC(=O)O. The van der Waals surface area contributed by atoms with Crippen LogP contribution in [0.4, 0.5) is 0 Å². The van der Waals surface area contributed by atoms with Gasteiger partial charge < -0.3 is 5.11 Å². The molecule has 0 spiro atoms. The summed E-state index contributed by atoms with van der Waals surface area (Å²) in [4.78, 5) is 10.3. The molecule has 2 nitrogen and oxygen atoms in total. The van der Waals surface area contributed by atoms with Gasteiger partial charge in [-0.15, -0.1) is 0 Å². The maximum atomic E-state index is 10.3. The highest BCUT2D eigenvalue weighted by Gasteiger charge is 1.91. The number of allylic oxidation sites excluding steroid dienone is 3. The monoisotopic (exact) mass is 308 g/mol. The topological polar surface area (TPSA) is 37.3 Å². The molecule has 0 aromatic carbocycles. The summed E-state index contributed by atoms with van der Waals surface area (Å²) in [5, 5.41) is 8.44. The Balaban J connectivity index is 3.13. The van der Waals surface area contributed by atoms with E-state index in [-0.39, 0.29) is 0 Å². The highest BCUT2D eigenvalue weighted by molar-refractivity contribution is 5.79. The van der Waals surface area contributed by atoms with Gasteiger partial charge in [0.1, 0.15) is 0 Å². The number of hydrogen-bond donors (Lipinski definition) is 1. The Morgan fingerprint density at radius 2 is 1.09 bits per heavy atom. The first-order chi connectivity index (χ1) is 10.8. The van der Waals surface area contributed by atoms with Crippen molar-refractivity contribution in [2.45, 2.75) is 96.8 Å². The van der Waals surface area contributed by atoms with Crippen molar-refractivity contribution >= 4 is 5.97 Å². The van der Waals surface area contributed by atoms with Crippen LogP contribution in [0.15, 0.2) is 24.3 Å². The van der Waals surface area contributed by atoms with Crippen LogP contribution >= 0.6 is 0 Å². The average molecular weight is 309 g/mol. The van der Waals surface area contributed by atoms with Crippen LogP contribution in [0, 0.1) is 0 Å². The first kappa shape index (κ1) is 20.9. The fraction of sp³-hybridized carbons (Fsp3) is 0.750. The Kier molecular flexibility index (Phi) is 17.1. The average Bonchev–Trinajstić information content (AvgIpc) is 2.50. The Morgan fingerprint density at radius 1 is 0.682 bits per heavy atom. The lowest BCUT2D eigenvalue weighted by Crippen LogP contribution is -1.85. The largest absolute Gasteiger partial charge is 0.478 e. The zero-order valence-electron chi connectivity index (χ0n) is 14.6. The van der Waals surface area contributed by atoms with Crippen molar-refractivity contribution in [3.05, 3.63) is 24.3 Å². The molecule has 0 rings (SSSR count). The predicted molar refractivity (Wildman–Crippen MR) is 96.2 cm³/mol. The summed E-state index contributed by atoms with van der Waals surface area (Å²) in [6.07, 6.45) is 25.5. The number of carbonyl (C=O) groups is 1. The van der Waals surface area contributed by atoms with Crippen LogP contribution in [0.3, 0.4) is 0 Å². The van der Waals surface area contributed by atoms with Crippen molar-refractivity contribution < 1.29 is 9.90 Å². The molecule has 0 aliphatic heterocycles. The van der Waals surface area contributed by atoms with Crippen molar-refractivity contribution in [1.29, 1.82) is 0 Å². The summed E-state index contributed by atoms with van der Waals surface area (Å²) in [6, 6.07) is 0. The highest BCUT2D eigenvalue weighted by atomic mass is 16.4. The fourth-order valence-corrected chi connectivity index (χ4v) is 2.52. The maximum Gasteiger partial charge on any atom is 0.327 e. The number of hydrogen-bond acceptors (Lipinski definition) is 1. The molecule has 0 bridgehead atoms. The molecule has 0 unspecified atom stereocenters. The minimum atomic E-state index is -0.846. The Morgan fingerprint density at radius 3 is 1.59 bits per heavy atom. The number of carboxylic acids is 1. The van der Waals surface area contributed by atoms with Crippen LogP contribution in [0.5, 0.6) is 0 Å². The summed E-state index contributed by atoms with van der Waals surface area (Å²) >= 11 is 0. The Bertz CT molecular complexity index is 292. The van der Waals surface area contributed by atoms with Gasteiger partial charge in [0.15, 0.2) is 0 Å². The molecule has 0 aliphatic rings. The quantitative estimate of drug-likeness (QED) is 0.196. The fourth-order valence-electron chi connectivity index (χ4n) is 2.52. The van der Waals surface area contributed by atoms with Gasteiger partial charge in [-0.2, -0.15) is 0 Å². The van der Waals surface area contributed by atoms with Crippen LogP contribution in [-0.2, 0) is 4.79 Å². The summed E-state index contributed by atoms with van der Waals surface area (Å²) in [7, 11) is 0. The van der Waals surface area contributed by atoms with Gasteiger partial charge in [-0.25, -0.2) is 4.79 Å². The molecule has 0 amide bonds. The third kappa shape index (κ3) is 18.9. The lowest BCUT2D eigenvalue weighted by atomic mass is 10.1. The number of unbranched alkanes of at least 4 members (excludes halogenated alkanes) is 12. The zero-order valence-corrected chi connectivity index (χ0v) is 14.6. The van der Waals surface area contributed by atoms with Gasteiger partial charge in [0.25, 0.3) is 0 Å². The van der Waals surface area contributed by atoms with E-state index >= 15 is 0 Å². The van der Waals surface area contributed by atoms with E-state index in [1.807, 2.05) is 0 Å². The Hall–Kier alpha value is -1.05. The molecule has 0 atom stereocenters. The molecule has 0 saturated heterocycles. The van der Waals surface area contributed by atoms with Gasteiger partial charge in [0, 0.05) is 6.08 Å². The van der Waals surface area contributed by atoms with Crippen LogP contribution in [-0.4, -0.2) is 11.1 Å². The molecule has 128 valence electrons. The van der Waals surface area contributed by atoms with E-state index in [4.69, 9.17) is 5.11 Å². The molecular formula is C20H36O2. The van der Waals surface area contributed by atoms with E-state index < -0.39 is 5.97 Å². The van der Waals surface area contributed by atoms with Crippen molar-refractivity contribution in [3.8, 4) is 0 Å². The second-order valence-electron chi connectivity index (χ2n) is 6.11. The summed E-state index contributed by atoms with van der Waals surface area (Å²) in [5.74, 6) is -0.846. The predicted octanol–water partition coefficient (Wildman–Crippen LogP) is 6.66. The van der Waals surface area contributed by atoms with E-state index in [1.165, 1.54) is 70.3 Å². The van der Waals surface area contributed by atoms with Gasteiger partial charge in [0.2, 0.25) is 0 Å². The van der Waals surface area contributed by atoms with Crippen LogP contribution in [0.1, 0.15) is 96.8 Å². The van der Waals surface area contributed by atoms with Crippen LogP contribution in [0.2, 0.25) is 0 Å². The molecule has 0 aromatic rings. The molecule has 0 aromatic heterocycles. The van der Waals surface area contributed by atoms with Crippen LogP contribution in [0.25, 0.3) is 0 Å². The first-order valence-corrected chi connectivity index (χ1v) is 9.31. The maximum absolute atomic E-state index is 10.3. The first-order valence-electron chi connectivity index (χ1n) is 9.31. The van der Waals surface area contributed by atoms with Crippen molar-refractivity contribution in [2.24, 2.45) is 0 Å². The molecule has 0 saturated carbocycles. The summed E-state index contributed by atoms with van der Waals surface area (Å²) < 4.78 is 0. The van der Waals surface area contributed by atoms with E-state index in [0.717, 1.165) is 25.7 Å². The molecule has 1 N–H and O–H groups in total. The molecular weight excluding hydrogens is 272 g/mol. The number of carboxylic acid groups (broad SMARTS) is 1. The molecule has 22 heavy (non-hydrogen) atoms. The molecule has 0 aliphatic carbocycles. The van der Waals surface area contributed by atoms with E-state index in [2.05, 4.69) is 19.1 Å². The highest BCUT2D eigenvalue weighted by Crippen LogP contribution is 2.11. The van der Waals surface area contributed by atoms with Crippen molar-refractivity contribution in [2.75, 3.05) is 0 Å². The molecule has 2 heteroatoms. The summed E-state index contributed by atoms with van der Waals surface area (Å²) in [5.41, 5.74) is 0. The third-order valence-corrected chi connectivity index (χ3v) is 3.89. The van der Waals surface area contributed by atoms with E-state index in [9.17, 15) is 4.79 Å². The van der Waals surface area contributed by atoms with E-state index in [0.29, 0.717) is 0 Å². The second kappa shape index (κ2) is 18.0. The normalized spacial score (nSPS) is 11.7. The van der Waals surface area contributed by atoms with Gasteiger partial charge >= 0.3 is 5.97 Å². The van der Waals surface area contributed by atoms with Gasteiger partial charge in [-0.05, 0) is 38.5 Å². The lowest BCUT2D eigenvalue weighted by Gasteiger charge is -2.00. The third-order valence-electron chi connectivity index (χ3n) is 3.89. The van der Waals surface area contributed by atoms with Crippen molar-refractivity contribution in [1.82, 2.24) is 0 Å². The minimum absolute atomic E-state index is 0.846. The van der Waals surface area contributed by atoms with Crippen molar-refractivity contribution in [3.63, 3.8) is 0 Å². The summed E-state index contributed by atoms with van der Waals surface area (Å²) in [6.45, 7) is 2.27. The lowest BCUT2D eigenvalue weighted by molar-refractivity contribution is -0.131. The van der Waals surface area contributed by atoms with Gasteiger partial charge in [-0.3, -0.25) is 0 Å². The van der Waals surface area contributed by atoms with Gasteiger partial charge in [-0.1, -0.05) is 76.5 Å². The zero-order chi connectivity index (χ0) is 16.3. The second-order valence-corrected chi connectivity index (χ2v) is 6.11.